The molecule has 2 rings (SSSR count). The van der Waals surface area contributed by atoms with E-state index in [1.807, 2.05) is 0 Å². The summed E-state index contributed by atoms with van der Waals surface area (Å²) in [6, 6.07) is 2.52. The van der Waals surface area contributed by atoms with Crippen molar-refractivity contribution in [1.82, 2.24) is 0 Å². The first-order valence-electron chi connectivity index (χ1n) is 7.22. The lowest BCUT2D eigenvalue weighted by Gasteiger charge is -2.13. The number of benzene rings is 1. The molecule has 1 nitrogen and oxygen atoms in total. The van der Waals surface area contributed by atoms with E-state index in [-0.39, 0.29) is 22.2 Å². The number of rotatable bonds is 4. The van der Waals surface area contributed by atoms with Crippen molar-refractivity contribution >= 4 is 21.7 Å². The minimum Gasteiger partial charge on any atom is -0.299 e. The van der Waals surface area contributed by atoms with E-state index >= 15 is 0 Å². The van der Waals surface area contributed by atoms with Crippen LogP contribution in [0.3, 0.4) is 0 Å². The molecule has 1 aliphatic rings. The van der Waals surface area contributed by atoms with E-state index in [1.165, 1.54) is 25.0 Å². The van der Waals surface area contributed by atoms with Gasteiger partial charge in [0.15, 0.2) is 0 Å². The SMILES string of the molecule is O=C(Cc1c(F)ccc(Br)c1F)CC1CCCCCC1. The van der Waals surface area contributed by atoms with E-state index in [4.69, 9.17) is 0 Å². The van der Waals surface area contributed by atoms with Gasteiger partial charge in [-0.1, -0.05) is 38.5 Å². The molecule has 0 saturated heterocycles. The highest BCUT2D eigenvalue weighted by molar-refractivity contribution is 9.10. The summed E-state index contributed by atoms with van der Waals surface area (Å²) >= 11 is 3.03. The van der Waals surface area contributed by atoms with Gasteiger partial charge < -0.3 is 0 Å². The van der Waals surface area contributed by atoms with Gasteiger partial charge in [0, 0.05) is 18.4 Å². The Kier molecular flexibility index (Phi) is 5.70. The standard InChI is InChI=1S/C16H19BrF2O/c17-14-7-8-15(18)13(16(14)19)10-12(20)9-11-5-3-1-2-4-6-11/h7-8,11H,1-6,9-10H2. The van der Waals surface area contributed by atoms with Crippen LogP contribution < -0.4 is 0 Å². The number of hydrogen-bond donors (Lipinski definition) is 0. The van der Waals surface area contributed by atoms with Crippen LogP contribution in [0.5, 0.6) is 0 Å². The number of hydrogen-bond acceptors (Lipinski definition) is 1. The monoisotopic (exact) mass is 344 g/mol. The number of ketones is 1. The van der Waals surface area contributed by atoms with Crippen LogP contribution in [0.2, 0.25) is 0 Å². The molecule has 0 aliphatic heterocycles. The molecule has 0 unspecified atom stereocenters. The van der Waals surface area contributed by atoms with Gasteiger partial charge in [0.2, 0.25) is 0 Å². The van der Waals surface area contributed by atoms with Gasteiger partial charge in [-0.05, 0) is 34.0 Å². The second kappa shape index (κ2) is 7.30. The lowest BCUT2D eigenvalue weighted by molar-refractivity contribution is -0.119. The fourth-order valence-corrected chi connectivity index (χ4v) is 3.26. The molecule has 1 aliphatic carbocycles. The third kappa shape index (κ3) is 4.11. The molecule has 0 radical (unpaired) electrons. The van der Waals surface area contributed by atoms with Gasteiger partial charge in [-0.25, -0.2) is 8.78 Å². The van der Waals surface area contributed by atoms with Crippen LogP contribution in [-0.2, 0) is 11.2 Å². The van der Waals surface area contributed by atoms with Crippen LogP contribution in [0.1, 0.15) is 50.5 Å². The van der Waals surface area contributed by atoms with Crippen LogP contribution >= 0.6 is 15.9 Å². The molecular formula is C16H19BrF2O. The molecule has 1 aromatic rings. The molecule has 0 N–H and O–H groups in total. The molecule has 4 heteroatoms. The normalized spacial score (nSPS) is 16.9. The molecule has 0 aromatic heterocycles. The van der Waals surface area contributed by atoms with E-state index in [0.717, 1.165) is 25.7 Å². The van der Waals surface area contributed by atoms with E-state index in [0.29, 0.717) is 12.3 Å². The van der Waals surface area contributed by atoms with Crippen molar-refractivity contribution in [2.24, 2.45) is 5.92 Å². The van der Waals surface area contributed by atoms with Crippen molar-refractivity contribution < 1.29 is 13.6 Å². The molecule has 0 heterocycles. The first-order chi connectivity index (χ1) is 9.58. The van der Waals surface area contributed by atoms with Crippen molar-refractivity contribution in [3.05, 3.63) is 33.8 Å². The fraction of sp³-hybridized carbons (Fsp3) is 0.562. The Balaban J connectivity index is 1.99. The summed E-state index contributed by atoms with van der Waals surface area (Å²) in [6.07, 6.45) is 7.23. The maximum Gasteiger partial charge on any atom is 0.143 e. The molecule has 20 heavy (non-hydrogen) atoms. The van der Waals surface area contributed by atoms with Gasteiger partial charge in [-0.15, -0.1) is 0 Å². The Morgan fingerprint density at radius 3 is 2.45 bits per heavy atom. The van der Waals surface area contributed by atoms with Crippen LogP contribution in [-0.4, -0.2) is 5.78 Å². The Morgan fingerprint density at radius 1 is 1.15 bits per heavy atom. The van der Waals surface area contributed by atoms with Crippen molar-refractivity contribution in [2.75, 3.05) is 0 Å². The quantitative estimate of drug-likeness (QED) is 0.542. The average molecular weight is 345 g/mol. The first-order valence-corrected chi connectivity index (χ1v) is 8.01. The van der Waals surface area contributed by atoms with Gasteiger partial charge in [0.1, 0.15) is 17.4 Å². The van der Waals surface area contributed by atoms with E-state index in [2.05, 4.69) is 15.9 Å². The number of halogens is 3. The highest BCUT2D eigenvalue weighted by Gasteiger charge is 2.20. The summed E-state index contributed by atoms with van der Waals surface area (Å²) in [5.74, 6) is -0.963. The maximum absolute atomic E-state index is 13.8. The van der Waals surface area contributed by atoms with Crippen LogP contribution in [0.15, 0.2) is 16.6 Å². The topological polar surface area (TPSA) is 17.1 Å². The Hall–Kier alpha value is -0.770. The van der Waals surface area contributed by atoms with Gasteiger partial charge in [-0.3, -0.25) is 4.79 Å². The number of carbonyl (C=O) groups is 1. The maximum atomic E-state index is 13.8. The zero-order valence-electron chi connectivity index (χ0n) is 11.4. The van der Waals surface area contributed by atoms with Crippen molar-refractivity contribution in [2.45, 2.75) is 51.4 Å². The summed E-state index contributed by atoms with van der Waals surface area (Å²) in [4.78, 5) is 12.1. The molecule has 0 atom stereocenters. The summed E-state index contributed by atoms with van der Waals surface area (Å²) in [7, 11) is 0. The van der Waals surface area contributed by atoms with E-state index in [9.17, 15) is 13.6 Å². The fourth-order valence-electron chi connectivity index (χ4n) is 2.89. The lowest BCUT2D eigenvalue weighted by atomic mass is 9.92. The van der Waals surface area contributed by atoms with E-state index in [1.54, 1.807) is 0 Å². The molecule has 1 saturated carbocycles. The Bertz CT molecular complexity index is 480. The summed E-state index contributed by atoms with van der Waals surface area (Å²) in [5, 5.41) is 0. The second-order valence-electron chi connectivity index (χ2n) is 5.60. The minimum atomic E-state index is -0.654. The molecule has 0 bridgehead atoms. The minimum absolute atomic E-state index is 0.0622. The molecular weight excluding hydrogens is 326 g/mol. The smallest absolute Gasteiger partial charge is 0.143 e. The average Bonchev–Trinajstić information content (AvgIpc) is 2.68. The number of Topliss-reactive ketones (excluding diaryl/α,β-unsaturated/α-hetero) is 1. The Labute approximate surface area is 126 Å². The first kappa shape index (κ1) is 15.6. The van der Waals surface area contributed by atoms with Gasteiger partial charge >= 0.3 is 0 Å². The molecule has 1 aromatic carbocycles. The van der Waals surface area contributed by atoms with Crippen molar-refractivity contribution in [3.63, 3.8) is 0 Å². The predicted octanol–water partition coefficient (Wildman–Crippen LogP) is 5.20. The lowest BCUT2D eigenvalue weighted by Crippen LogP contribution is -2.12. The predicted molar refractivity (Wildman–Crippen MR) is 78.6 cm³/mol. The Morgan fingerprint density at radius 2 is 1.80 bits per heavy atom. The summed E-state index contributed by atoms with van der Waals surface area (Å²) in [6.45, 7) is 0. The van der Waals surface area contributed by atoms with Crippen LogP contribution in [0.4, 0.5) is 8.78 Å². The second-order valence-corrected chi connectivity index (χ2v) is 6.45. The zero-order valence-corrected chi connectivity index (χ0v) is 13.0. The molecule has 0 amide bonds. The van der Waals surface area contributed by atoms with Crippen LogP contribution in [0.25, 0.3) is 0 Å². The van der Waals surface area contributed by atoms with E-state index < -0.39 is 11.6 Å². The third-order valence-electron chi connectivity index (χ3n) is 4.00. The highest BCUT2D eigenvalue weighted by Crippen LogP contribution is 2.27. The molecule has 0 spiro atoms. The largest absolute Gasteiger partial charge is 0.299 e. The van der Waals surface area contributed by atoms with Crippen LogP contribution in [0, 0.1) is 17.6 Å². The van der Waals surface area contributed by atoms with Gasteiger partial charge in [0.05, 0.1) is 4.47 Å². The molecule has 110 valence electrons. The van der Waals surface area contributed by atoms with Gasteiger partial charge in [0.25, 0.3) is 0 Å². The zero-order chi connectivity index (χ0) is 14.5. The highest BCUT2D eigenvalue weighted by atomic mass is 79.9. The summed E-state index contributed by atoms with van der Waals surface area (Å²) in [5.41, 5.74) is -0.113. The van der Waals surface area contributed by atoms with Crippen molar-refractivity contribution in [3.8, 4) is 0 Å². The number of carbonyl (C=O) groups excluding carboxylic acids is 1. The van der Waals surface area contributed by atoms with Gasteiger partial charge in [-0.2, -0.15) is 0 Å². The third-order valence-corrected chi connectivity index (χ3v) is 4.62. The van der Waals surface area contributed by atoms with Crippen molar-refractivity contribution in [1.29, 1.82) is 0 Å². The molecule has 1 fully saturated rings. The summed E-state index contributed by atoms with van der Waals surface area (Å²) < 4.78 is 27.7.